The van der Waals surface area contributed by atoms with Gasteiger partial charge >= 0.3 is 11.8 Å². The molecule has 0 radical (unpaired) electrons. The third-order valence-electron chi connectivity index (χ3n) is 3.40. The van der Waals surface area contributed by atoms with E-state index in [1.54, 1.807) is 42.5 Å². The highest BCUT2D eigenvalue weighted by atomic mass is 35.5. The van der Waals surface area contributed by atoms with Gasteiger partial charge in [-0.3, -0.25) is 14.4 Å². The molecule has 0 heterocycles. The Morgan fingerprint density at radius 2 is 1.73 bits per heavy atom. The SMILES string of the molecule is COc1cccc(NC(=O)C(=O)NCC(=O)Nc2ccc(C)c(Cl)c2)c1. The molecule has 0 unspecified atom stereocenters. The number of methoxy groups -OCH3 is 1. The average molecular weight is 376 g/mol. The van der Waals surface area contributed by atoms with Crippen LogP contribution in [-0.2, 0) is 14.4 Å². The molecule has 3 N–H and O–H groups in total. The first kappa shape index (κ1) is 19.3. The number of aryl methyl sites for hydroxylation is 1. The second-order valence-electron chi connectivity index (χ2n) is 5.38. The third-order valence-corrected chi connectivity index (χ3v) is 3.81. The summed E-state index contributed by atoms with van der Waals surface area (Å²) in [4.78, 5) is 35.5. The van der Waals surface area contributed by atoms with Crippen molar-refractivity contribution in [3.63, 3.8) is 0 Å². The number of benzene rings is 2. The molecule has 0 atom stereocenters. The largest absolute Gasteiger partial charge is 0.497 e. The number of carbonyl (C=O) groups excluding carboxylic acids is 3. The molecule has 3 amide bonds. The minimum atomic E-state index is -0.926. The normalized spacial score (nSPS) is 9.96. The van der Waals surface area contributed by atoms with Gasteiger partial charge in [0.1, 0.15) is 5.75 Å². The molecule has 7 nitrogen and oxygen atoms in total. The molecule has 0 bridgehead atoms. The predicted octanol–water partition coefficient (Wildman–Crippen LogP) is 2.35. The molecule has 2 aromatic carbocycles. The number of nitrogens with one attached hydrogen (secondary N) is 3. The number of ether oxygens (including phenoxy) is 1. The summed E-state index contributed by atoms with van der Waals surface area (Å²) in [5, 5.41) is 7.77. The van der Waals surface area contributed by atoms with Crippen LogP contribution >= 0.6 is 11.6 Å². The monoisotopic (exact) mass is 375 g/mol. The van der Waals surface area contributed by atoms with Crippen molar-refractivity contribution in [1.29, 1.82) is 0 Å². The van der Waals surface area contributed by atoms with Gasteiger partial charge in [0.25, 0.3) is 0 Å². The summed E-state index contributed by atoms with van der Waals surface area (Å²) >= 11 is 5.98. The van der Waals surface area contributed by atoms with Gasteiger partial charge in [0.15, 0.2) is 0 Å². The quantitative estimate of drug-likeness (QED) is 0.699. The summed E-state index contributed by atoms with van der Waals surface area (Å²) in [5.74, 6) is -1.75. The number of halogens is 1. The summed E-state index contributed by atoms with van der Waals surface area (Å²) < 4.78 is 5.03. The van der Waals surface area contributed by atoms with Crippen molar-refractivity contribution < 1.29 is 19.1 Å². The van der Waals surface area contributed by atoms with E-state index in [1.165, 1.54) is 7.11 Å². The van der Waals surface area contributed by atoms with Gasteiger partial charge in [-0.2, -0.15) is 0 Å². The van der Waals surface area contributed by atoms with Crippen LogP contribution in [0.2, 0.25) is 5.02 Å². The molecule has 0 aliphatic heterocycles. The van der Waals surface area contributed by atoms with Crippen molar-refractivity contribution in [2.24, 2.45) is 0 Å². The molecule has 0 fully saturated rings. The van der Waals surface area contributed by atoms with Crippen LogP contribution in [-0.4, -0.2) is 31.4 Å². The Morgan fingerprint density at radius 3 is 2.42 bits per heavy atom. The molecule has 0 saturated carbocycles. The fourth-order valence-electron chi connectivity index (χ4n) is 2.01. The molecule has 0 saturated heterocycles. The highest BCUT2D eigenvalue weighted by Crippen LogP contribution is 2.19. The lowest BCUT2D eigenvalue weighted by atomic mass is 10.2. The van der Waals surface area contributed by atoms with E-state index in [4.69, 9.17) is 16.3 Å². The van der Waals surface area contributed by atoms with Crippen LogP contribution in [0, 0.1) is 6.92 Å². The van der Waals surface area contributed by atoms with Gasteiger partial charge in [0.05, 0.1) is 13.7 Å². The van der Waals surface area contributed by atoms with E-state index in [0.29, 0.717) is 22.1 Å². The van der Waals surface area contributed by atoms with Gasteiger partial charge < -0.3 is 20.7 Å². The Bertz CT molecular complexity index is 839. The first-order valence-corrected chi connectivity index (χ1v) is 8.06. The van der Waals surface area contributed by atoms with Gasteiger partial charge in [-0.05, 0) is 36.8 Å². The molecule has 8 heteroatoms. The lowest BCUT2D eigenvalue weighted by Crippen LogP contribution is -2.39. The molecule has 0 spiro atoms. The minimum absolute atomic E-state index is 0.351. The smallest absolute Gasteiger partial charge is 0.313 e. The summed E-state index contributed by atoms with van der Waals surface area (Å²) in [5.41, 5.74) is 1.79. The number of carbonyl (C=O) groups is 3. The summed E-state index contributed by atoms with van der Waals surface area (Å²) in [6.45, 7) is 1.49. The predicted molar refractivity (Wildman–Crippen MR) is 99.5 cm³/mol. The molecule has 0 aliphatic rings. The van der Waals surface area contributed by atoms with Crippen molar-refractivity contribution in [3.05, 3.63) is 53.1 Å². The number of hydrogen-bond donors (Lipinski definition) is 3. The maximum absolute atomic E-state index is 11.9. The van der Waals surface area contributed by atoms with Gasteiger partial charge in [-0.25, -0.2) is 0 Å². The zero-order valence-electron chi connectivity index (χ0n) is 14.3. The maximum Gasteiger partial charge on any atom is 0.313 e. The van der Waals surface area contributed by atoms with Crippen molar-refractivity contribution in [2.45, 2.75) is 6.92 Å². The summed E-state index contributed by atoms with van der Waals surface area (Å²) in [6, 6.07) is 11.6. The van der Waals surface area contributed by atoms with Gasteiger partial charge in [0.2, 0.25) is 5.91 Å². The Kier molecular flexibility index (Phi) is 6.57. The first-order chi connectivity index (χ1) is 12.4. The van der Waals surface area contributed by atoms with Crippen LogP contribution in [0.1, 0.15) is 5.56 Å². The van der Waals surface area contributed by atoms with Crippen LogP contribution in [0.3, 0.4) is 0 Å². The minimum Gasteiger partial charge on any atom is -0.497 e. The fraction of sp³-hybridized carbons (Fsp3) is 0.167. The lowest BCUT2D eigenvalue weighted by molar-refractivity contribution is -0.136. The highest BCUT2D eigenvalue weighted by molar-refractivity contribution is 6.40. The Balaban J connectivity index is 1.83. The second kappa shape index (κ2) is 8.87. The number of rotatable bonds is 5. The van der Waals surface area contributed by atoms with Crippen LogP contribution in [0.25, 0.3) is 0 Å². The Labute approximate surface area is 155 Å². The lowest BCUT2D eigenvalue weighted by Gasteiger charge is -2.09. The number of anilines is 2. The molecule has 2 aromatic rings. The average Bonchev–Trinajstić information content (AvgIpc) is 2.63. The van der Waals surface area contributed by atoms with E-state index in [2.05, 4.69) is 16.0 Å². The Morgan fingerprint density at radius 1 is 1.00 bits per heavy atom. The zero-order chi connectivity index (χ0) is 19.1. The topological polar surface area (TPSA) is 96.5 Å². The molecule has 0 aromatic heterocycles. The van der Waals surface area contributed by atoms with Crippen molar-refractivity contribution in [1.82, 2.24) is 5.32 Å². The van der Waals surface area contributed by atoms with Crippen molar-refractivity contribution in [3.8, 4) is 5.75 Å². The second-order valence-corrected chi connectivity index (χ2v) is 5.79. The van der Waals surface area contributed by atoms with E-state index in [-0.39, 0.29) is 6.54 Å². The molecular weight excluding hydrogens is 358 g/mol. The molecular formula is C18H18ClN3O4. The van der Waals surface area contributed by atoms with Crippen LogP contribution < -0.4 is 20.7 Å². The summed E-state index contributed by atoms with van der Waals surface area (Å²) in [6.07, 6.45) is 0. The van der Waals surface area contributed by atoms with Gasteiger partial charge in [-0.1, -0.05) is 23.7 Å². The fourth-order valence-corrected chi connectivity index (χ4v) is 2.19. The van der Waals surface area contributed by atoms with Crippen molar-refractivity contribution >= 4 is 40.7 Å². The first-order valence-electron chi connectivity index (χ1n) is 7.68. The Hall–Kier alpha value is -3.06. The van der Waals surface area contributed by atoms with E-state index in [0.717, 1.165) is 5.56 Å². The van der Waals surface area contributed by atoms with Crippen LogP contribution in [0.4, 0.5) is 11.4 Å². The van der Waals surface area contributed by atoms with E-state index < -0.39 is 17.7 Å². The van der Waals surface area contributed by atoms with E-state index in [1.807, 2.05) is 6.92 Å². The third kappa shape index (κ3) is 5.49. The molecule has 136 valence electrons. The standard InChI is InChI=1S/C18H18ClN3O4/c1-11-6-7-13(9-15(11)19)21-16(23)10-20-17(24)18(25)22-12-4-3-5-14(8-12)26-2/h3-9H,10H2,1-2H3,(H,20,24)(H,21,23)(H,22,25). The van der Waals surface area contributed by atoms with Crippen molar-refractivity contribution in [2.75, 3.05) is 24.3 Å². The number of amides is 3. The molecule has 0 aliphatic carbocycles. The maximum atomic E-state index is 11.9. The van der Waals surface area contributed by atoms with Crippen LogP contribution in [0.15, 0.2) is 42.5 Å². The van der Waals surface area contributed by atoms with E-state index in [9.17, 15) is 14.4 Å². The van der Waals surface area contributed by atoms with Crippen LogP contribution in [0.5, 0.6) is 5.75 Å². The summed E-state index contributed by atoms with van der Waals surface area (Å²) in [7, 11) is 1.49. The highest BCUT2D eigenvalue weighted by Gasteiger charge is 2.15. The van der Waals surface area contributed by atoms with Gasteiger partial charge in [-0.15, -0.1) is 0 Å². The van der Waals surface area contributed by atoms with E-state index >= 15 is 0 Å². The molecule has 26 heavy (non-hydrogen) atoms. The molecule has 2 rings (SSSR count). The zero-order valence-corrected chi connectivity index (χ0v) is 15.0. The van der Waals surface area contributed by atoms with Gasteiger partial charge in [0, 0.05) is 22.5 Å². The number of hydrogen-bond acceptors (Lipinski definition) is 4.